The summed E-state index contributed by atoms with van der Waals surface area (Å²) in [6.45, 7) is 2.34. The molecule has 1 unspecified atom stereocenters. The quantitative estimate of drug-likeness (QED) is 0.149. The fourth-order valence-electron chi connectivity index (χ4n) is 5.88. The van der Waals surface area contributed by atoms with Crippen molar-refractivity contribution in [2.45, 2.75) is 18.5 Å². The number of nitriles is 1. The van der Waals surface area contributed by atoms with Crippen LogP contribution in [0.5, 0.6) is 5.75 Å². The van der Waals surface area contributed by atoms with Gasteiger partial charge in [-0.3, -0.25) is 0 Å². The number of benzene rings is 5. The zero-order valence-electron chi connectivity index (χ0n) is 24.6. The second-order valence-electron chi connectivity index (χ2n) is 10.5. The van der Waals surface area contributed by atoms with Crippen LogP contribution in [0.4, 0.5) is 10.1 Å². The standard InChI is InChI=1S/C38H30BrFN4O/c1-2-45-32-22-23-34(40)33(24-32)36(42-31-20-18-27(25-41)19-21-31)37-43-35(39)26-44(37)38(28-12-6-3-7-13-28,29-14-8-4-9-15-29)30-16-10-5-11-17-30/h3-24,26,36,42H,2H2,1H3. The highest BCUT2D eigenvalue weighted by molar-refractivity contribution is 9.10. The molecule has 6 rings (SSSR count). The first-order chi connectivity index (χ1) is 22.0. The molecule has 0 aliphatic heterocycles. The Morgan fingerprint density at radius 3 is 1.91 bits per heavy atom. The van der Waals surface area contributed by atoms with Gasteiger partial charge >= 0.3 is 0 Å². The van der Waals surface area contributed by atoms with Crippen LogP contribution in [0.15, 0.2) is 144 Å². The maximum Gasteiger partial charge on any atom is 0.138 e. The molecule has 0 fully saturated rings. The summed E-state index contributed by atoms with van der Waals surface area (Å²) in [5, 5.41) is 12.9. The highest BCUT2D eigenvalue weighted by atomic mass is 79.9. The van der Waals surface area contributed by atoms with E-state index in [0.717, 1.165) is 16.7 Å². The van der Waals surface area contributed by atoms with Crippen LogP contribution in [0.3, 0.4) is 0 Å². The van der Waals surface area contributed by atoms with E-state index in [9.17, 15) is 5.26 Å². The van der Waals surface area contributed by atoms with E-state index in [2.05, 4.69) is 68.3 Å². The molecule has 5 aromatic carbocycles. The number of imidazole rings is 1. The summed E-state index contributed by atoms with van der Waals surface area (Å²) in [4.78, 5) is 5.03. The fourth-order valence-corrected chi connectivity index (χ4v) is 6.27. The second kappa shape index (κ2) is 13.2. The van der Waals surface area contributed by atoms with Gasteiger partial charge in [-0.25, -0.2) is 9.37 Å². The Balaban J connectivity index is 1.68. The molecular weight excluding hydrogens is 627 g/mol. The van der Waals surface area contributed by atoms with Crippen molar-refractivity contribution in [1.29, 1.82) is 5.26 Å². The molecule has 6 aromatic rings. The zero-order chi connectivity index (χ0) is 31.2. The molecule has 222 valence electrons. The Morgan fingerprint density at radius 1 is 0.844 bits per heavy atom. The van der Waals surface area contributed by atoms with Crippen molar-refractivity contribution in [2.24, 2.45) is 0 Å². The van der Waals surface area contributed by atoms with Crippen LogP contribution in [0.1, 0.15) is 46.6 Å². The summed E-state index contributed by atoms with van der Waals surface area (Å²) in [7, 11) is 0. The average molecular weight is 658 g/mol. The third kappa shape index (κ3) is 5.85. The molecule has 0 amide bonds. The number of rotatable bonds is 10. The van der Waals surface area contributed by atoms with E-state index in [1.165, 1.54) is 6.07 Å². The van der Waals surface area contributed by atoms with E-state index < -0.39 is 17.4 Å². The summed E-state index contributed by atoms with van der Waals surface area (Å²) in [6, 6.07) is 44.1. The van der Waals surface area contributed by atoms with Gasteiger partial charge in [-0.05, 0) is 82.0 Å². The molecule has 1 atom stereocenters. The first kappa shape index (κ1) is 29.9. The van der Waals surface area contributed by atoms with Crippen molar-refractivity contribution in [2.75, 3.05) is 11.9 Å². The van der Waals surface area contributed by atoms with E-state index in [-0.39, 0.29) is 0 Å². The monoisotopic (exact) mass is 656 g/mol. The highest BCUT2D eigenvalue weighted by Gasteiger charge is 2.42. The number of nitrogens with zero attached hydrogens (tertiary/aromatic N) is 3. The molecule has 0 saturated carbocycles. The Hall–Kier alpha value is -5.19. The largest absolute Gasteiger partial charge is 0.494 e. The van der Waals surface area contributed by atoms with E-state index in [4.69, 9.17) is 9.72 Å². The second-order valence-corrected chi connectivity index (χ2v) is 11.3. The number of halogens is 2. The van der Waals surface area contributed by atoms with Gasteiger partial charge in [0, 0.05) is 17.4 Å². The van der Waals surface area contributed by atoms with Crippen LogP contribution in [0, 0.1) is 17.1 Å². The van der Waals surface area contributed by atoms with Gasteiger partial charge in [-0.15, -0.1) is 0 Å². The topological polar surface area (TPSA) is 62.9 Å². The van der Waals surface area contributed by atoms with Crippen molar-refractivity contribution in [1.82, 2.24) is 9.55 Å². The maximum atomic E-state index is 16.0. The van der Waals surface area contributed by atoms with Gasteiger partial charge in [0.25, 0.3) is 0 Å². The summed E-state index contributed by atoms with van der Waals surface area (Å²) < 4.78 is 24.5. The maximum absolute atomic E-state index is 16.0. The SMILES string of the molecule is CCOc1ccc(F)c(C(Nc2ccc(C#N)cc2)c2nc(Br)cn2C(c2ccccc2)(c2ccccc2)c2ccccc2)c1. The summed E-state index contributed by atoms with van der Waals surface area (Å²) in [6.07, 6.45) is 1.96. The van der Waals surface area contributed by atoms with E-state index in [1.807, 2.05) is 79.9 Å². The Morgan fingerprint density at radius 2 is 1.40 bits per heavy atom. The number of ether oxygens (including phenoxy) is 1. The minimum atomic E-state index is -0.892. The van der Waals surface area contributed by atoms with Crippen LogP contribution in [0.25, 0.3) is 0 Å². The van der Waals surface area contributed by atoms with Crippen LogP contribution in [-0.4, -0.2) is 16.2 Å². The number of aromatic nitrogens is 2. The lowest BCUT2D eigenvalue weighted by Gasteiger charge is -2.39. The number of hydrogen-bond acceptors (Lipinski definition) is 4. The molecule has 1 heterocycles. The number of hydrogen-bond donors (Lipinski definition) is 1. The molecule has 0 radical (unpaired) electrons. The van der Waals surface area contributed by atoms with Gasteiger partial charge < -0.3 is 14.6 Å². The normalized spacial score (nSPS) is 11.9. The third-order valence-electron chi connectivity index (χ3n) is 7.81. The molecule has 0 aliphatic carbocycles. The van der Waals surface area contributed by atoms with Gasteiger partial charge in [-0.1, -0.05) is 91.0 Å². The summed E-state index contributed by atoms with van der Waals surface area (Å²) in [5.41, 5.74) is 3.74. The van der Waals surface area contributed by atoms with Gasteiger partial charge in [0.2, 0.25) is 0 Å². The summed E-state index contributed by atoms with van der Waals surface area (Å²) >= 11 is 3.68. The lowest BCUT2D eigenvalue weighted by Crippen LogP contribution is -2.39. The predicted octanol–water partition coefficient (Wildman–Crippen LogP) is 9.10. The molecule has 1 N–H and O–H groups in total. The van der Waals surface area contributed by atoms with E-state index >= 15 is 4.39 Å². The smallest absolute Gasteiger partial charge is 0.138 e. The van der Waals surface area contributed by atoms with Crippen LogP contribution in [0.2, 0.25) is 0 Å². The van der Waals surface area contributed by atoms with Crippen molar-refractivity contribution in [3.63, 3.8) is 0 Å². The molecule has 5 nitrogen and oxygen atoms in total. The molecule has 0 aliphatic rings. The first-order valence-corrected chi connectivity index (χ1v) is 15.4. The molecule has 0 bridgehead atoms. The Labute approximate surface area is 270 Å². The molecule has 0 spiro atoms. The van der Waals surface area contributed by atoms with Crippen LogP contribution in [-0.2, 0) is 5.54 Å². The molecule has 45 heavy (non-hydrogen) atoms. The molecular formula is C38H30BrFN4O. The van der Waals surface area contributed by atoms with Gasteiger partial charge in [0.05, 0.1) is 18.2 Å². The Bertz CT molecular complexity index is 1820. The molecule has 1 aromatic heterocycles. The lowest BCUT2D eigenvalue weighted by atomic mass is 9.76. The predicted molar refractivity (Wildman–Crippen MR) is 179 cm³/mol. The average Bonchev–Trinajstić information content (AvgIpc) is 3.48. The van der Waals surface area contributed by atoms with Crippen molar-refractivity contribution in [3.05, 3.63) is 184 Å². The highest BCUT2D eigenvalue weighted by Crippen LogP contribution is 2.44. The van der Waals surface area contributed by atoms with Crippen molar-refractivity contribution < 1.29 is 9.13 Å². The zero-order valence-corrected chi connectivity index (χ0v) is 26.2. The van der Waals surface area contributed by atoms with Crippen LogP contribution < -0.4 is 10.1 Å². The number of anilines is 1. The van der Waals surface area contributed by atoms with Gasteiger partial charge in [-0.2, -0.15) is 5.26 Å². The molecule has 0 saturated heterocycles. The van der Waals surface area contributed by atoms with Gasteiger partial charge in [0.15, 0.2) is 0 Å². The minimum absolute atomic E-state index is 0.368. The fraction of sp³-hybridized carbons (Fsp3) is 0.105. The lowest BCUT2D eigenvalue weighted by molar-refractivity contribution is 0.339. The minimum Gasteiger partial charge on any atom is -0.494 e. The van der Waals surface area contributed by atoms with E-state index in [0.29, 0.717) is 39.6 Å². The van der Waals surface area contributed by atoms with Crippen LogP contribution >= 0.6 is 15.9 Å². The Kier molecular flexibility index (Phi) is 8.77. The number of nitrogens with one attached hydrogen (secondary N) is 1. The van der Waals surface area contributed by atoms with Gasteiger partial charge in [0.1, 0.15) is 33.6 Å². The van der Waals surface area contributed by atoms with Crippen molar-refractivity contribution >= 4 is 21.6 Å². The third-order valence-corrected chi connectivity index (χ3v) is 8.19. The molecule has 7 heteroatoms. The van der Waals surface area contributed by atoms with E-state index in [1.54, 1.807) is 24.3 Å². The van der Waals surface area contributed by atoms with Crippen molar-refractivity contribution in [3.8, 4) is 11.8 Å². The first-order valence-electron chi connectivity index (χ1n) is 14.7. The summed E-state index contributed by atoms with van der Waals surface area (Å²) in [5.74, 6) is 0.716.